The summed E-state index contributed by atoms with van der Waals surface area (Å²) in [6.45, 7) is 2.59. The van der Waals surface area contributed by atoms with E-state index in [1.165, 1.54) is 41.7 Å². The molecule has 0 atom stereocenters. The molecular weight excluding hydrogens is 345 g/mol. The average molecular weight is 359 g/mol. The topological polar surface area (TPSA) is 77.5 Å². The number of carbonyl (C=O) groups is 1. The summed E-state index contributed by atoms with van der Waals surface area (Å²) in [5.41, 5.74) is 0.423. The molecule has 0 bridgehead atoms. The van der Waals surface area contributed by atoms with E-state index in [0.29, 0.717) is 16.0 Å². The standard InChI is InChI=1S/C17H14FN3O3S/c1-2-9-20-14-8-7-11(18)10-15(14)25-17(20)19-16(22)12-5-3-4-6-13(12)21(23)24/h3-8,10H,2,9H2,1H3. The summed E-state index contributed by atoms with van der Waals surface area (Å²) in [5, 5.41) is 11.1. The Kier molecular flexibility index (Phi) is 4.71. The van der Waals surface area contributed by atoms with Gasteiger partial charge in [-0.05, 0) is 30.7 Å². The lowest BCUT2D eigenvalue weighted by atomic mass is 10.2. The van der Waals surface area contributed by atoms with Crippen molar-refractivity contribution in [3.63, 3.8) is 0 Å². The summed E-state index contributed by atoms with van der Waals surface area (Å²) in [7, 11) is 0. The molecule has 128 valence electrons. The maximum absolute atomic E-state index is 13.5. The number of nitrogens with zero attached hydrogens (tertiary/aromatic N) is 3. The van der Waals surface area contributed by atoms with Gasteiger partial charge in [0.05, 0.1) is 15.1 Å². The fourth-order valence-electron chi connectivity index (χ4n) is 2.53. The summed E-state index contributed by atoms with van der Waals surface area (Å²) < 4.78 is 16.0. The van der Waals surface area contributed by atoms with Crippen molar-refractivity contribution >= 4 is 33.1 Å². The number of nitro benzene ring substituents is 1. The highest BCUT2D eigenvalue weighted by atomic mass is 32.1. The van der Waals surface area contributed by atoms with Gasteiger partial charge in [0.15, 0.2) is 4.80 Å². The first-order valence-corrected chi connectivity index (χ1v) is 8.44. The molecular formula is C17H14FN3O3S. The number of aryl methyl sites for hydroxylation is 1. The van der Waals surface area contributed by atoms with Crippen LogP contribution in [0, 0.1) is 15.9 Å². The maximum atomic E-state index is 13.5. The number of hydrogen-bond donors (Lipinski definition) is 0. The van der Waals surface area contributed by atoms with Crippen molar-refractivity contribution < 1.29 is 14.1 Å². The number of rotatable bonds is 4. The predicted molar refractivity (Wildman–Crippen MR) is 93.1 cm³/mol. The van der Waals surface area contributed by atoms with Crippen molar-refractivity contribution in [2.75, 3.05) is 0 Å². The fraction of sp³-hybridized carbons (Fsp3) is 0.176. The van der Waals surface area contributed by atoms with Crippen LogP contribution >= 0.6 is 11.3 Å². The fourth-order valence-corrected chi connectivity index (χ4v) is 3.61. The minimum absolute atomic E-state index is 0.0702. The summed E-state index contributed by atoms with van der Waals surface area (Å²) in [6, 6.07) is 10.1. The lowest BCUT2D eigenvalue weighted by Gasteiger charge is -2.02. The van der Waals surface area contributed by atoms with Gasteiger partial charge in [-0.3, -0.25) is 14.9 Å². The molecule has 1 aromatic heterocycles. The molecule has 25 heavy (non-hydrogen) atoms. The van der Waals surface area contributed by atoms with Crippen LogP contribution in [0.4, 0.5) is 10.1 Å². The molecule has 3 aromatic rings. The second-order valence-corrected chi connectivity index (χ2v) is 6.35. The van der Waals surface area contributed by atoms with Gasteiger partial charge in [0, 0.05) is 12.6 Å². The van der Waals surface area contributed by atoms with Crippen LogP contribution in [0.3, 0.4) is 0 Å². The number of carbonyl (C=O) groups excluding carboxylic acids is 1. The first kappa shape index (κ1) is 17.0. The third-order valence-corrected chi connectivity index (χ3v) is 4.66. The number of aromatic nitrogens is 1. The third-order valence-electron chi connectivity index (χ3n) is 3.62. The van der Waals surface area contributed by atoms with Gasteiger partial charge in [0.25, 0.3) is 11.6 Å². The van der Waals surface area contributed by atoms with E-state index in [4.69, 9.17) is 0 Å². The molecule has 0 fully saturated rings. The number of amides is 1. The van der Waals surface area contributed by atoms with Gasteiger partial charge >= 0.3 is 0 Å². The van der Waals surface area contributed by atoms with Crippen LogP contribution in [-0.4, -0.2) is 15.4 Å². The molecule has 8 heteroatoms. The van der Waals surface area contributed by atoms with Crippen LogP contribution in [-0.2, 0) is 6.54 Å². The molecule has 0 aliphatic heterocycles. The van der Waals surface area contributed by atoms with E-state index in [2.05, 4.69) is 4.99 Å². The van der Waals surface area contributed by atoms with E-state index < -0.39 is 10.8 Å². The lowest BCUT2D eigenvalue weighted by molar-refractivity contribution is -0.385. The van der Waals surface area contributed by atoms with Crippen molar-refractivity contribution in [3.05, 3.63) is 68.8 Å². The van der Waals surface area contributed by atoms with Crippen molar-refractivity contribution in [2.45, 2.75) is 19.9 Å². The molecule has 0 aliphatic rings. The Labute approximate surface area is 146 Å². The monoisotopic (exact) mass is 359 g/mol. The van der Waals surface area contributed by atoms with E-state index in [1.807, 2.05) is 11.5 Å². The zero-order valence-corrected chi connectivity index (χ0v) is 14.1. The van der Waals surface area contributed by atoms with Gasteiger partial charge in [-0.2, -0.15) is 4.99 Å². The highest BCUT2D eigenvalue weighted by Crippen LogP contribution is 2.21. The zero-order valence-electron chi connectivity index (χ0n) is 13.3. The molecule has 0 saturated carbocycles. The summed E-state index contributed by atoms with van der Waals surface area (Å²) in [4.78, 5) is 27.4. The average Bonchev–Trinajstić information content (AvgIpc) is 2.91. The highest BCUT2D eigenvalue weighted by Gasteiger charge is 2.19. The Balaban J connectivity index is 2.17. The summed E-state index contributed by atoms with van der Waals surface area (Å²) >= 11 is 1.18. The van der Waals surface area contributed by atoms with Crippen LogP contribution < -0.4 is 4.80 Å². The molecule has 1 heterocycles. The molecule has 0 saturated heterocycles. The normalized spacial score (nSPS) is 11.8. The van der Waals surface area contributed by atoms with E-state index in [1.54, 1.807) is 12.1 Å². The van der Waals surface area contributed by atoms with Gasteiger partial charge in [-0.1, -0.05) is 30.4 Å². The van der Waals surface area contributed by atoms with Gasteiger partial charge in [-0.15, -0.1) is 0 Å². The number of fused-ring (bicyclic) bond motifs is 1. The minimum atomic E-state index is -0.691. The smallest absolute Gasteiger partial charge is 0.286 e. The molecule has 1 amide bonds. The molecule has 2 aromatic carbocycles. The number of benzene rings is 2. The Hall–Kier alpha value is -2.87. The highest BCUT2D eigenvalue weighted by molar-refractivity contribution is 7.16. The Morgan fingerprint density at radius 1 is 1.32 bits per heavy atom. The van der Waals surface area contributed by atoms with Gasteiger partial charge in [-0.25, -0.2) is 4.39 Å². The van der Waals surface area contributed by atoms with Crippen LogP contribution in [0.25, 0.3) is 10.2 Å². The van der Waals surface area contributed by atoms with Crippen molar-refractivity contribution in [3.8, 4) is 0 Å². The molecule has 6 nitrogen and oxygen atoms in total. The molecule has 0 unspecified atom stereocenters. The van der Waals surface area contributed by atoms with Gasteiger partial charge in [0.2, 0.25) is 0 Å². The Morgan fingerprint density at radius 2 is 2.08 bits per heavy atom. The van der Waals surface area contributed by atoms with Gasteiger partial charge < -0.3 is 4.57 Å². The van der Waals surface area contributed by atoms with E-state index >= 15 is 0 Å². The maximum Gasteiger partial charge on any atom is 0.286 e. The van der Waals surface area contributed by atoms with Crippen LogP contribution in [0.5, 0.6) is 0 Å². The minimum Gasteiger partial charge on any atom is -0.316 e. The van der Waals surface area contributed by atoms with Crippen molar-refractivity contribution in [1.29, 1.82) is 0 Å². The largest absolute Gasteiger partial charge is 0.316 e. The zero-order chi connectivity index (χ0) is 18.0. The second-order valence-electron chi connectivity index (χ2n) is 5.34. The first-order valence-electron chi connectivity index (χ1n) is 7.62. The van der Waals surface area contributed by atoms with Crippen LogP contribution in [0.15, 0.2) is 47.5 Å². The van der Waals surface area contributed by atoms with Crippen molar-refractivity contribution in [2.24, 2.45) is 4.99 Å². The SMILES string of the molecule is CCCn1c(=NC(=O)c2ccccc2[N+](=O)[O-])sc2cc(F)ccc21. The number of para-hydroxylation sites is 1. The number of thiazole rings is 1. The molecule has 3 rings (SSSR count). The molecule has 0 aliphatic carbocycles. The summed E-state index contributed by atoms with van der Waals surface area (Å²) in [6.07, 6.45) is 0.802. The second kappa shape index (κ2) is 6.94. The predicted octanol–water partition coefficient (Wildman–Crippen LogP) is 3.90. The Bertz CT molecular complexity index is 1040. The molecule has 0 N–H and O–H groups in total. The van der Waals surface area contributed by atoms with E-state index in [-0.39, 0.29) is 17.1 Å². The lowest BCUT2D eigenvalue weighted by Crippen LogP contribution is -2.17. The third kappa shape index (κ3) is 3.34. The van der Waals surface area contributed by atoms with Crippen LogP contribution in [0.2, 0.25) is 0 Å². The van der Waals surface area contributed by atoms with Crippen LogP contribution in [0.1, 0.15) is 23.7 Å². The number of hydrogen-bond acceptors (Lipinski definition) is 4. The quantitative estimate of drug-likeness (QED) is 0.523. The van der Waals surface area contributed by atoms with Crippen molar-refractivity contribution in [1.82, 2.24) is 4.57 Å². The van der Waals surface area contributed by atoms with Gasteiger partial charge in [0.1, 0.15) is 11.4 Å². The number of nitro groups is 1. The molecule has 0 spiro atoms. The Morgan fingerprint density at radius 3 is 2.80 bits per heavy atom. The van der Waals surface area contributed by atoms with E-state index in [9.17, 15) is 19.3 Å². The number of halogens is 1. The first-order chi connectivity index (χ1) is 12.0. The summed E-state index contributed by atoms with van der Waals surface area (Å²) in [5.74, 6) is -1.06. The molecule has 0 radical (unpaired) electrons. The van der Waals surface area contributed by atoms with E-state index in [0.717, 1.165) is 11.9 Å².